The highest BCUT2D eigenvalue weighted by molar-refractivity contribution is 5.36. The van der Waals surface area contributed by atoms with Crippen molar-refractivity contribution in [1.29, 1.82) is 0 Å². The molecule has 0 aromatic heterocycles. The number of rotatable bonds is 1. The van der Waals surface area contributed by atoms with Crippen molar-refractivity contribution >= 4 is 0 Å². The van der Waals surface area contributed by atoms with Crippen LogP contribution in [0.15, 0.2) is 11.6 Å². The van der Waals surface area contributed by atoms with Gasteiger partial charge in [-0.25, -0.2) is 0 Å². The van der Waals surface area contributed by atoms with Crippen molar-refractivity contribution in [2.24, 2.45) is 34.5 Å². The molecular formula is C16H26O. The van der Waals surface area contributed by atoms with E-state index in [1.165, 1.54) is 12.0 Å². The summed E-state index contributed by atoms with van der Waals surface area (Å²) >= 11 is 0. The first-order valence-corrected chi connectivity index (χ1v) is 7.20. The molecule has 1 heteroatoms. The van der Waals surface area contributed by atoms with Gasteiger partial charge in [0.15, 0.2) is 0 Å². The van der Waals surface area contributed by atoms with Crippen LogP contribution in [0, 0.1) is 34.5 Å². The zero-order valence-corrected chi connectivity index (χ0v) is 11.8. The predicted octanol–water partition coefficient (Wildman–Crippen LogP) is 3.63. The fourth-order valence-corrected chi connectivity index (χ4v) is 5.67. The Bertz CT molecular complexity index is 383. The zero-order valence-electron chi connectivity index (χ0n) is 11.8. The van der Waals surface area contributed by atoms with Gasteiger partial charge < -0.3 is 5.11 Å². The number of fused-ring (bicyclic) bond motifs is 1. The Morgan fingerprint density at radius 2 is 2.00 bits per heavy atom. The number of aliphatic hydroxyl groups excluding tert-OH is 1. The molecule has 6 atom stereocenters. The molecule has 2 saturated carbocycles. The van der Waals surface area contributed by atoms with Gasteiger partial charge in [0.1, 0.15) is 0 Å². The van der Waals surface area contributed by atoms with Crippen molar-refractivity contribution in [3.8, 4) is 0 Å². The topological polar surface area (TPSA) is 20.2 Å². The van der Waals surface area contributed by atoms with E-state index < -0.39 is 0 Å². The van der Waals surface area contributed by atoms with E-state index >= 15 is 0 Å². The molecule has 1 N–H and O–H groups in total. The molecular weight excluding hydrogens is 208 g/mol. The van der Waals surface area contributed by atoms with Gasteiger partial charge in [-0.05, 0) is 48.9 Å². The lowest BCUT2D eigenvalue weighted by Crippen LogP contribution is -2.75. The van der Waals surface area contributed by atoms with Gasteiger partial charge in [-0.3, -0.25) is 0 Å². The predicted molar refractivity (Wildman–Crippen MR) is 70.5 cm³/mol. The lowest BCUT2D eigenvalue weighted by molar-refractivity contribution is -0.291. The van der Waals surface area contributed by atoms with Crippen molar-refractivity contribution in [2.45, 2.75) is 53.6 Å². The smallest absolute Gasteiger partial charge is 0.0607 e. The Hall–Kier alpha value is -0.300. The third-order valence-electron chi connectivity index (χ3n) is 6.99. The minimum Gasteiger partial charge on any atom is -0.393 e. The van der Waals surface area contributed by atoms with Crippen LogP contribution in [-0.2, 0) is 0 Å². The van der Waals surface area contributed by atoms with Crippen LogP contribution in [0.5, 0.6) is 0 Å². The molecule has 0 aromatic rings. The summed E-state index contributed by atoms with van der Waals surface area (Å²) in [6.07, 6.45) is 4.55. The summed E-state index contributed by atoms with van der Waals surface area (Å²) in [4.78, 5) is 0. The van der Waals surface area contributed by atoms with E-state index in [9.17, 15) is 5.11 Å². The quantitative estimate of drug-likeness (QED) is 0.687. The van der Waals surface area contributed by atoms with Crippen molar-refractivity contribution < 1.29 is 5.11 Å². The summed E-state index contributed by atoms with van der Waals surface area (Å²) < 4.78 is 0. The summed E-state index contributed by atoms with van der Waals surface area (Å²) in [7, 11) is 0. The lowest BCUT2D eigenvalue weighted by atomic mass is 9.27. The molecule has 0 spiro atoms. The molecule has 0 saturated heterocycles. The molecule has 1 nitrogen and oxygen atoms in total. The lowest BCUT2D eigenvalue weighted by Gasteiger charge is -2.77. The minimum absolute atomic E-state index is 0.0986. The van der Waals surface area contributed by atoms with E-state index in [4.69, 9.17) is 0 Å². The van der Waals surface area contributed by atoms with E-state index in [2.05, 4.69) is 40.7 Å². The number of allylic oxidation sites excluding steroid dienone is 2. The van der Waals surface area contributed by atoms with Gasteiger partial charge in [0.25, 0.3) is 0 Å². The fraction of sp³-hybridized carbons (Fsp3) is 0.875. The summed E-state index contributed by atoms with van der Waals surface area (Å²) in [5.41, 5.74) is 1.96. The first-order valence-electron chi connectivity index (χ1n) is 7.20. The monoisotopic (exact) mass is 234 g/mol. The number of hydrogen-bond donors (Lipinski definition) is 1. The SMILES string of the molecule is CC1=CC[C@@H]2[C@H]3[C@@H](C(C)C)C[C@@H](O)[C@]2(C)[C@@]13C. The van der Waals surface area contributed by atoms with Crippen LogP contribution >= 0.6 is 0 Å². The molecule has 96 valence electrons. The number of aliphatic hydroxyl groups is 1. The molecule has 4 aliphatic rings. The van der Waals surface area contributed by atoms with Crippen LogP contribution < -0.4 is 0 Å². The van der Waals surface area contributed by atoms with Crippen molar-refractivity contribution in [2.75, 3.05) is 0 Å². The standard InChI is InChI=1S/C16H26O/c1-9(2)11-8-13(17)16(5)12-7-6-10(3)15(16,4)14(11)12/h6,9,11-14,17H,7-8H2,1-5H3/t11-,12-,13-,14-,15+,16-/m1/s1. The summed E-state index contributed by atoms with van der Waals surface area (Å²) in [6.45, 7) is 11.7. The van der Waals surface area contributed by atoms with E-state index in [-0.39, 0.29) is 16.9 Å². The first-order chi connectivity index (χ1) is 7.85. The van der Waals surface area contributed by atoms with Crippen molar-refractivity contribution in [1.82, 2.24) is 0 Å². The van der Waals surface area contributed by atoms with E-state index in [0.717, 1.165) is 18.3 Å². The van der Waals surface area contributed by atoms with Crippen molar-refractivity contribution in [3.05, 3.63) is 11.6 Å². The molecule has 4 aliphatic carbocycles. The Balaban J connectivity index is 2.09. The first kappa shape index (κ1) is 11.8. The van der Waals surface area contributed by atoms with Gasteiger partial charge in [-0.15, -0.1) is 0 Å². The van der Waals surface area contributed by atoms with Crippen LogP contribution in [0.2, 0.25) is 0 Å². The molecule has 0 amide bonds. The van der Waals surface area contributed by atoms with E-state index in [1.54, 1.807) is 0 Å². The second-order valence-electron chi connectivity index (χ2n) is 7.40. The Morgan fingerprint density at radius 1 is 1.35 bits per heavy atom. The van der Waals surface area contributed by atoms with Gasteiger partial charge in [0, 0.05) is 5.41 Å². The normalized spacial score (nSPS) is 56.5. The van der Waals surface area contributed by atoms with Crippen LogP contribution in [-0.4, -0.2) is 11.2 Å². The molecule has 2 fully saturated rings. The summed E-state index contributed by atoms with van der Waals surface area (Å²) in [6, 6.07) is 0. The molecule has 0 unspecified atom stereocenters. The maximum atomic E-state index is 10.7. The van der Waals surface area contributed by atoms with Gasteiger partial charge in [0.2, 0.25) is 0 Å². The molecule has 17 heavy (non-hydrogen) atoms. The third-order valence-corrected chi connectivity index (χ3v) is 6.99. The van der Waals surface area contributed by atoms with Gasteiger partial charge in [-0.1, -0.05) is 39.3 Å². The summed E-state index contributed by atoms with van der Waals surface area (Å²) in [5, 5.41) is 10.7. The van der Waals surface area contributed by atoms with Crippen molar-refractivity contribution in [3.63, 3.8) is 0 Å². The highest BCUT2D eigenvalue weighted by Crippen LogP contribution is 2.78. The Morgan fingerprint density at radius 3 is 2.59 bits per heavy atom. The van der Waals surface area contributed by atoms with E-state index in [0.29, 0.717) is 11.8 Å². The van der Waals surface area contributed by atoms with Crippen LogP contribution in [0.4, 0.5) is 0 Å². The minimum atomic E-state index is -0.0986. The van der Waals surface area contributed by atoms with Gasteiger partial charge >= 0.3 is 0 Å². The zero-order chi connectivity index (χ0) is 12.6. The van der Waals surface area contributed by atoms with Crippen LogP contribution in [0.25, 0.3) is 0 Å². The second kappa shape index (κ2) is 3.17. The molecule has 4 bridgehead atoms. The largest absolute Gasteiger partial charge is 0.393 e. The third kappa shape index (κ3) is 1.02. The number of hydrogen-bond acceptors (Lipinski definition) is 1. The highest BCUT2D eigenvalue weighted by Gasteiger charge is 2.75. The Kier molecular flexibility index (Phi) is 2.20. The molecule has 0 aromatic carbocycles. The summed E-state index contributed by atoms with van der Waals surface area (Å²) in [5.74, 6) is 2.96. The molecule has 4 rings (SSSR count). The average Bonchev–Trinajstić information content (AvgIpc) is 2.26. The van der Waals surface area contributed by atoms with E-state index in [1.807, 2.05) is 0 Å². The van der Waals surface area contributed by atoms with Gasteiger partial charge in [0.05, 0.1) is 6.10 Å². The molecule has 0 aliphatic heterocycles. The van der Waals surface area contributed by atoms with Gasteiger partial charge in [-0.2, -0.15) is 0 Å². The highest BCUT2D eigenvalue weighted by atomic mass is 16.3. The van der Waals surface area contributed by atoms with Crippen LogP contribution in [0.3, 0.4) is 0 Å². The maximum Gasteiger partial charge on any atom is 0.0607 e. The fourth-order valence-electron chi connectivity index (χ4n) is 5.67. The Labute approximate surface area is 105 Å². The molecule has 0 radical (unpaired) electrons. The molecule has 0 heterocycles. The van der Waals surface area contributed by atoms with Crippen LogP contribution in [0.1, 0.15) is 47.5 Å². The average molecular weight is 234 g/mol. The second-order valence-corrected chi connectivity index (χ2v) is 7.40. The maximum absolute atomic E-state index is 10.7.